The Labute approximate surface area is 53.3 Å². The first-order valence-corrected chi connectivity index (χ1v) is 6.35. The minimum absolute atomic E-state index is 0.754. The highest BCUT2D eigenvalue weighted by Crippen LogP contribution is 1.95. The van der Waals surface area contributed by atoms with Crippen LogP contribution in [0.1, 0.15) is 6.42 Å². The molecule has 0 aliphatic heterocycles. The van der Waals surface area contributed by atoms with Gasteiger partial charge in [-0.05, 0) is 6.92 Å². The van der Waals surface area contributed by atoms with Crippen molar-refractivity contribution in [3.05, 3.63) is 6.92 Å². The normalized spacial score (nSPS) is 10.0. The zero-order valence-electron chi connectivity index (χ0n) is 5.91. The largest absolute Gasteiger partial charge is 0.132 e. The molecule has 0 heterocycles. The maximum absolute atomic E-state index is 3.64. The van der Waals surface area contributed by atoms with E-state index in [9.17, 15) is 0 Å². The van der Waals surface area contributed by atoms with E-state index in [4.69, 9.17) is 0 Å². The van der Waals surface area contributed by atoms with E-state index in [2.05, 4.69) is 38.0 Å². The molecule has 0 bridgehead atoms. The van der Waals surface area contributed by atoms with Gasteiger partial charge < -0.3 is 0 Å². The fourth-order valence-electron chi connectivity index (χ4n) is 0.328. The molecule has 8 heavy (non-hydrogen) atoms. The summed E-state index contributed by atoms with van der Waals surface area (Å²) < 4.78 is 0. The maximum atomic E-state index is 3.64. The van der Waals surface area contributed by atoms with E-state index in [0.717, 1.165) is 6.42 Å². The van der Waals surface area contributed by atoms with Crippen LogP contribution in [0.15, 0.2) is 0 Å². The third kappa shape index (κ3) is 5.78. The molecule has 0 N–H and O–H groups in total. The molecule has 0 aromatic carbocycles. The highest BCUT2D eigenvalue weighted by molar-refractivity contribution is 6.83. The molecule has 0 rings (SSSR count). The molecule has 0 aliphatic rings. The molecule has 0 aromatic rings. The Morgan fingerprint density at radius 2 is 1.88 bits per heavy atom. The molecular formula is C7H13Si. The van der Waals surface area contributed by atoms with E-state index >= 15 is 0 Å². The van der Waals surface area contributed by atoms with E-state index in [1.807, 2.05) is 0 Å². The van der Waals surface area contributed by atoms with Gasteiger partial charge in [-0.25, -0.2) is 0 Å². The van der Waals surface area contributed by atoms with E-state index in [0.29, 0.717) is 0 Å². The molecule has 0 atom stereocenters. The van der Waals surface area contributed by atoms with Crippen molar-refractivity contribution in [2.24, 2.45) is 0 Å². The molecule has 0 fully saturated rings. The van der Waals surface area contributed by atoms with Crippen molar-refractivity contribution in [3.63, 3.8) is 0 Å². The Hall–Kier alpha value is -0.223. The van der Waals surface area contributed by atoms with Gasteiger partial charge in [-0.15, -0.1) is 11.5 Å². The van der Waals surface area contributed by atoms with Crippen LogP contribution >= 0.6 is 0 Å². The van der Waals surface area contributed by atoms with Crippen molar-refractivity contribution in [2.75, 3.05) is 0 Å². The van der Waals surface area contributed by atoms with Crippen LogP contribution in [0.5, 0.6) is 0 Å². The third-order valence-electron chi connectivity index (χ3n) is 0.588. The van der Waals surface area contributed by atoms with Gasteiger partial charge in [0.1, 0.15) is 8.07 Å². The summed E-state index contributed by atoms with van der Waals surface area (Å²) in [7, 11) is -1.08. The second kappa shape index (κ2) is 2.94. The first-order chi connectivity index (χ1) is 3.56. The molecular weight excluding hydrogens is 112 g/mol. The Balaban J connectivity index is 3.69. The van der Waals surface area contributed by atoms with Crippen molar-refractivity contribution >= 4 is 8.07 Å². The SMILES string of the molecule is [CH2]CC#C[Si](C)(C)C. The lowest BCUT2D eigenvalue weighted by atomic mass is 10.5. The van der Waals surface area contributed by atoms with Gasteiger partial charge in [0.15, 0.2) is 0 Å². The second-order valence-corrected chi connectivity index (χ2v) is 7.55. The number of hydrogen-bond acceptors (Lipinski definition) is 0. The lowest BCUT2D eigenvalue weighted by molar-refractivity contribution is 1.48. The highest BCUT2D eigenvalue weighted by atomic mass is 28.3. The predicted molar refractivity (Wildman–Crippen MR) is 41.1 cm³/mol. The van der Waals surface area contributed by atoms with Crippen molar-refractivity contribution in [3.8, 4) is 11.5 Å². The molecule has 0 aromatic heterocycles. The van der Waals surface area contributed by atoms with Crippen LogP contribution in [-0.2, 0) is 0 Å². The molecule has 0 aliphatic carbocycles. The van der Waals surface area contributed by atoms with Gasteiger partial charge in [-0.1, -0.05) is 19.6 Å². The minimum Gasteiger partial charge on any atom is -0.132 e. The predicted octanol–water partition coefficient (Wildman–Crippen LogP) is 2.09. The van der Waals surface area contributed by atoms with Crippen LogP contribution in [0.4, 0.5) is 0 Å². The number of hydrogen-bond donors (Lipinski definition) is 0. The van der Waals surface area contributed by atoms with Gasteiger partial charge >= 0.3 is 0 Å². The van der Waals surface area contributed by atoms with Crippen LogP contribution in [0.3, 0.4) is 0 Å². The summed E-state index contributed by atoms with van der Waals surface area (Å²) in [5.41, 5.74) is 3.20. The summed E-state index contributed by atoms with van der Waals surface area (Å²) in [6, 6.07) is 0. The molecule has 1 radical (unpaired) electrons. The van der Waals surface area contributed by atoms with Crippen LogP contribution in [0.2, 0.25) is 19.6 Å². The summed E-state index contributed by atoms with van der Waals surface area (Å²) in [5, 5.41) is 0. The fraction of sp³-hybridized carbons (Fsp3) is 0.571. The van der Waals surface area contributed by atoms with Gasteiger partial charge in [-0.2, -0.15) is 0 Å². The van der Waals surface area contributed by atoms with Crippen LogP contribution in [0.25, 0.3) is 0 Å². The summed E-state index contributed by atoms with van der Waals surface area (Å²) in [6.45, 7) is 10.3. The van der Waals surface area contributed by atoms with E-state index in [-0.39, 0.29) is 0 Å². The van der Waals surface area contributed by atoms with Crippen LogP contribution < -0.4 is 0 Å². The molecule has 0 spiro atoms. The van der Waals surface area contributed by atoms with Crippen LogP contribution in [-0.4, -0.2) is 8.07 Å². The topological polar surface area (TPSA) is 0 Å². The van der Waals surface area contributed by atoms with Crippen molar-refractivity contribution in [1.82, 2.24) is 0 Å². The average Bonchev–Trinajstić information content (AvgIpc) is 1.59. The summed E-state index contributed by atoms with van der Waals surface area (Å²) in [5.74, 6) is 2.99. The monoisotopic (exact) mass is 125 g/mol. The van der Waals surface area contributed by atoms with Crippen molar-refractivity contribution in [1.29, 1.82) is 0 Å². The van der Waals surface area contributed by atoms with E-state index in [1.54, 1.807) is 0 Å². The van der Waals surface area contributed by atoms with Gasteiger partial charge in [-0.3, -0.25) is 0 Å². The molecule has 0 unspecified atom stereocenters. The van der Waals surface area contributed by atoms with Gasteiger partial charge in [0.2, 0.25) is 0 Å². The molecule has 0 saturated carbocycles. The minimum atomic E-state index is -1.08. The summed E-state index contributed by atoms with van der Waals surface area (Å²) in [6.07, 6.45) is 0.754. The van der Waals surface area contributed by atoms with E-state index < -0.39 is 8.07 Å². The lowest BCUT2D eigenvalue weighted by Crippen LogP contribution is -2.16. The number of rotatable bonds is 0. The standard InChI is InChI=1S/C7H13Si/c1-5-6-7-8(2,3)4/h1,5H2,2-4H3. The van der Waals surface area contributed by atoms with Gasteiger partial charge in [0.05, 0.1) is 0 Å². The Bertz CT molecular complexity index is 109. The Morgan fingerprint density at radius 3 is 2.00 bits per heavy atom. The quantitative estimate of drug-likeness (QED) is 0.343. The first kappa shape index (κ1) is 7.78. The van der Waals surface area contributed by atoms with Crippen LogP contribution in [0, 0.1) is 18.4 Å². The fourth-order valence-corrected chi connectivity index (χ4v) is 0.983. The zero-order valence-corrected chi connectivity index (χ0v) is 6.91. The molecule has 1 heteroatoms. The third-order valence-corrected chi connectivity index (χ3v) is 1.52. The molecule has 0 saturated heterocycles. The van der Waals surface area contributed by atoms with Gasteiger partial charge in [0.25, 0.3) is 0 Å². The molecule has 45 valence electrons. The Kier molecular flexibility index (Phi) is 2.85. The maximum Gasteiger partial charge on any atom is 0.129 e. The molecule has 0 nitrogen and oxygen atoms in total. The van der Waals surface area contributed by atoms with Crippen molar-refractivity contribution < 1.29 is 0 Å². The summed E-state index contributed by atoms with van der Waals surface area (Å²) in [4.78, 5) is 0. The Morgan fingerprint density at radius 1 is 1.38 bits per heavy atom. The van der Waals surface area contributed by atoms with Gasteiger partial charge in [0, 0.05) is 6.42 Å². The smallest absolute Gasteiger partial charge is 0.129 e. The summed E-state index contributed by atoms with van der Waals surface area (Å²) >= 11 is 0. The molecule has 0 amide bonds. The van der Waals surface area contributed by atoms with Crippen molar-refractivity contribution in [2.45, 2.75) is 26.1 Å². The second-order valence-electron chi connectivity index (χ2n) is 2.80. The lowest BCUT2D eigenvalue weighted by Gasteiger charge is -2.02. The zero-order chi connectivity index (χ0) is 6.62. The highest BCUT2D eigenvalue weighted by Gasteiger charge is 2.06. The first-order valence-electron chi connectivity index (χ1n) is 2.85. The van der Waals surface area contributed by atoms with E-state index in [1.165, 1.54) is 0 Å². The average molecular weight is 125 g/mol.